The van der Waals surface area contributed by atoms with Gasteiger partial charge in [-0.15, -0.1) is 0 Å². The zero-order valence-corrected chi connectivity index (χ0v) is 12.8. The minimum atomic E-state index is -0.953. The maximum Gasteiger partial charge on any atom is 0.256 e. The van der Waals surface area contributed by atoms with Gasteiger partial charge in [0.05, 0.1) is 15.6 Å². The summed E-state index contributed by atoms with van der Waals surface area (Å²) in [7, 11) is 1.57. The number of likely N-dealkylation sites (N-methyl/N-ethyl adjacent to an activating group) is 1. The molecule has 0 spiro atoms. The zero-order valence-electron chi connectivity index (χ0n) is 11.2. The highest BCUT2D eigenvalue weighted by Crippen LogP contribution is 2.23. The fourth-order valence-corrected chi connectivity index (χ4v) is 2.66. The lowest BCUT2D eigenvalue weighted by Crippen LogP contribution is -2.47. The van der Waals surface area contributed by atoms with Gasteiger partial charge in [0.15, 0.2) is 0 Å². The molecule has 1 aliphatic heterocycles. The van der Waals surface area contributed by atoms with Crippen molar-refractivity contribution in [1.82, 2.24) is 4.90 Å². The Morgan fingerprint density at radius 2 is 2.15 bits per heavy atom. The highest BCUT2D eigenvalue weighted by atomic mass is 79.9. The number of benzene rings is 1. The molecule has 20 heavy (non-hydrogen) atoms. The van der Waals surface area contributed by atoms with Crippen LogP contribution in [-0.4, -0.2) is 48.3 Å². The smallest absolute Gasteiger partial charge is 0.256 e. The Labute approximate surface area is 125 Å². The number of nitrogens with zero attached hydrogens (tertiary/aromatic N) is 1. The normalized spacial score (nSPS) is 17.8. The standard InChI is InChI=1S/C14H17BrFNO3/c1-17(9-14(19)5-7-20-8-6-14)13(18)10-3-2-4-11(15)12(10)16/h2-4,19H,5-9H2,1H3. The molecule has 1 aliphatic rings. The van der Waals surface area contributed by atoms with Gasteiger partial charge < -0.3 is 14.7 Å². The summed E-state index contributed by atoms with van der Waals surface area (Å²) in [5.74, 6) is -1.02. The van der Waals surface area contributed by atoms with Crippen LogP contribution in [0.1, 0.15) is 23.2 Å². The van der Waals surface area contributed by atoms with Crippen LogP contribution in [0.5, 0.6) is 0 Å². The van der Waals surface area contributed by atoms with Crippen molar-refractivity contribution in [2.24, 2.45) is 0 Å². The van der Waals surface area contributed by atoms with Crippen LogP contribution in [-0.2, 0) is 4.74 Å². The predicted molar refractivity (Wildman–Crippen MR) is 76.1 cm³/mol. The third-order valence-electron chi connectivity index (χ3n) is 3.48. The van der Waals surface area contributed by atoms with Gasteiger partial charge >= 0.3 is 0 Å². The minimum absolute atomic E-state index is 0.00228. The molecular formula is C14H17BrFNO3. The minimum Gasteiger partial charge on any atom is -0.388 e. The molecule has 4 nitrogen and oxygen atoms in total. The fraction of sp³-hybridized carbons (Fsp3) is 0.500. The third kappa shape index (κ3) is 3.37. The molecule has 0 bridgehead atoms. The Bertz CT molecular complexity index is 503. The van der Waals surface area contributed by atoms with Crippen LogP contribution in [0.3, 0.4) is 0 Å². The monoisotopic (exact) mass is 345 g/mol. The molecule has 0 radical (unpaired) electrons. The van der Waals surface area contributed by atoms with Crippen LogP contribution in [0.4, 0.5) is 4.39 Å². The highest BCUT2D eigenvalue weighted by molar-refractivity contribution is 9.10. The average Bonchev–Trinajstić information content (AvgIpc) is 2.41. The highest BCUT2D eigenvalue weighted by Gasteiger charge is 2.33. The SMILES string of the molecule is CN(CC1(O)CCOCC1)C(=O)c1cccc(Br)c1F. The maximum atomic E-state index is 13.9. The number of hydrogen-bond acceptors (Lipinski definition) is 3. The Kier molecular flexibility index (Phi) is 4.78. The van der Waals surface area contributed by atoms with Crippen LogP contribution in [0.2, 0.25) is 0 Å². The number of aliphatic hydroxyl groups is 1. The first kappa shape index (κ1) is 15.4. The van der Waals surface area contributed by atoms with E-state index in [1.165, 1.54) is 17.0 Å². The number of halogens is 2. The van der Waals surface area contributed by atoms with Crippen molar-refractivity contribution in [3.05, 3.63) is 34.1 Å². The van der Waals surface area contributed by atoms with Crippen LogP contribution in [0.25, 0.3) is 0 Å². The molecule has 0 aliphatic carbocycles. The number of carbonyl (C=O) groups excluding carboxylic acids is 1. The van der Waals surface area contributed by atoms with Gasteiger partial charge in [-0.1, -0.05) is 6.07 Å². The maximum absolute atomic E-state index is 13.9. The molecule has 1 N–H and O–H groups in total. The number of amides is 1. The first-order valence-corrected chi connectivity index (χ1v) is 7.22. The first-order chi connectivity index (χ1) is 9.43. The van der Waals surface area contributed by atoms with Gasteiger partial charge in [0.2, 0.25) is 0 Å². The van der Waals surface area contributed by atoms with Crippen LogP contribution in [0.15, 0.2) is 22.7 Å². The molecule has 1 saturated heterocycles. The summed E-state index contributed by atoms with van der Waals surface area (Å²) in [6.07, 6.45) is 0.956. The van der Waals surface area contributed by atoms with Gasteiger partial charge in [0.25, 0.3) is 5.91 Å². The van der Waals surface area contributed by atoms with Gasteiger partial charge in [-0.2, -0.15) is 0 Å². The lowest BCUT2D eigenvalue weighted by molar-refractivity contribution is -0.0734. The second-order valence-electron chi connectivity index (χ2n) is 5.10. The quantitative estimate of drug-likeness (QED) is 0.913. The number of ether oxygens (including phenoxy) is 1. The molecule has 1 aromatic carbocycles. The summed E-state index contributed by atoms with van der Waals surface area (Å²) in [5, 5.41) is 10.4. The fourth-order valence-electron chi connectivity index (χ4n) is 2.30. The molecule has 0 saturated carbocycles. The van der Waals surface area contributed by atoms with E-state index in [1.54, 1.807) is 13.1 Å². The van der Waals surface area contributed by atoms with Crippen molar-refractivity contribution < 1.29 is 19.0 Å². The zero-order chi connectivity index (χ0) is 14.8. The summed E-state index contributed by atoms with van der Waals surface area (Å²) < 4.78 is 19.4. The molecule has 2 rings (SSSR count). The molecule has 1 aromatic rings. The van der Waals surface area contributed by atoms with Crippen molar-refractivity contribution >= 4 is 21.8 Å². The molecule has 0 aromatic heterocycles. The molecule has 6 heteroatoms. The molecule has 1 amide bonds. The van der Waals surface area contributed by atoms with Crippen molar-refractivity contribution in [2.75, 3.05) is 26.8 Å². The molecular weight excluding hydrogens is 329 g/mol. The number of carbonyl (C=O) groups is 1. The van der Waals surface area contributed by atoms with E-state index in [4.69, 9.17) is 4.74 Å². The van der Waals surface area contributed by atoms with Crippen molar-refractivity contribution in [3.8, 4) is 0 Å². The van der Waals surface area contributed by atoms with Crippen molar-refractivity contribution in [2.45, 2.75) is 18.4 Å². The topological polar surface area (TPSA) is 49.8 Å². The number of rotatable bonds is 3. The van der Waals surface area contributed by atoms with Crippen molar-refractivity contribution in [1.29, 1.82) is 0 Å². The molecule has 0 unspecified atom stereocenters. The van der Waals surface area contributed by atoms with Gasteiger partial charge in [-0.05, 0) is 28.1 Å². The van der Waals surface area contributed by atoms with E-state index in [9.17, 15) is 14.3 Å². The van der Waals surface area contributed by atoms with E-state index in [0.717, 1.165) is 0 Å². The second-order valence-corrected chi connectivity index (χ2v) is 5.95. The Hall–Kier alpha value is -0.980. The summed E-state index contributed by atoms with van der Waals surface area (Å²) in [4.78, 5) is 13.6. The third-order valence-corrected chi connectivity index (χ3v) is 4.10. The largest absolute Gasteiger partial charge is 0.388 e. The summed E-state index contributed by atoms with van der Waals surface area (Å²) in [6, 6.07) is 4.59. The Morgan fingerprint density at radius 1 is 1.50 bits per heavy atom. The van der Waals surface area contributed by atoms with E-state index < -0.39 is 17.3 Å². The first-order valence-electron chi connectivity index (χ1n) is 6.42. The van der Waals surface area contributed by atoms with E-state index >= 15 is 0 Å². The predicted octanol–water partition coefficient (Wildman–Crippen LogP) is 2.20. The van der Waals surface area contributed by atoms with Crippen molar-refractivity contribution in [3.63, 3.8) is 0 Å². The van der Waals surface area contributed by atoms with Gasteiger partial charge in [-0.25, -0.2) is 4.39 Å². The molecule has 0 atom stereocenters. The summed E-state index contributed by atoms with van der Waals surface area (Å²) >= 11 is 3.06. The van der Waals surface area contributed by atoms with E-state index in [2.05, 4.69) is 15.9 Å². The van der Waals surface area contributed by atoms with Gasteiger partial charge in [0, 0.05) is 39.6 Å². The van der Waals surface area contributed by atoms with E-state index in [-0.39, 0.29) is 16.6 Å². The molecule has 110 valence electrons. The lowest BCUT2D eigenvalue weighted by Gasteiger charge is -2.35. The Morgan fingerprint density at radius 3 is 2.80 bits per heavy atom. The molecule has 1 heterocycles. The van der Waals surface area contributed by atoms with E-state index in [1.807, 2.05) is 0 Å². The molecule has 1 fully saturated rings. The van der Waals surface area contributed by atoms with Crippen LogP contribution >= 0.6 is 15.9 Å². The van der Waals surface area contributed by atoms with Crippen LogP contribution in [0, 0.1) is 5.82 Å². The second kappa shape index (κ2) is 6.20. The lowest BCUT2D eigenvalue weighted by atomic mass is 9.93. The van der Waals surface area contributed by atoms with E-state index in [0.29, 0.717) is 26.1 Å². The average molecular weight is 346 g/mol. The summed E-state index contributed by atoms with van der Waals surface area (Å²) in [5.41, 5.74) is -0.956. The van der Waals surface area contributed by atoms with Gasteiger partial charge in [0.1, 0.15) is 5.82 Å². The number of hydrogen-bond donors (Lipinski definition) is 1. The Balaban J connectivity index is 2.10. The van der Waals surface area contributed by atoms with Gasteiger partial charge in [-0.3, -0.25) is 4.79 Å². The summed E-state index contributed by atoms with van der Waals surface area (Å²) in [6.45, 7) is 1.12. The van der Waals surface area contributed by atoms with Crippen LogP contribution < -0.4 is 0 Å².